The summed E-state index contributed by atoms with van der Waals surface area (Å²) in [6.45, 7) is 1.29. The van der Waals surface area contributed by atoms with Gasteiger partial charge in [0.2, 0.25) is 0 Å². The number of pyridine rings is 1. The molecule has 94 valence electrons. The van der Waals surface area contributed by atoms with Crippen LogP contribution in [0.5, 0.6) is 5.75 Å². The number of halogens is 2. The summed E-state index contributed by atoms with van der Waals surface area (Å²) in [6, 6.07) is 0. The van der Waals surface area contributed by atoms with Gasteiger partial charge in [-0.1, -0.05) is 0 Å². The minimum atomic E-state index is -2.97. The maximum absolute atomic E-state index is 12.8. The predicted octanol–water partition coefficient (Wildman–Crippen LogP) is 1.36. The summed E-state index contributed by atoms with van der Waals surface area (Å²) in [5.41, 5.74) is 3.87. The van der Waals surface area contributed by atoms with Crippen molar-refractivity contribution in [2.24, 2.45) is 5.73 Å². The standard InChI is InChI=1S/C10H12F2N2O3/c1-2-17-10(16)8-6(15)4-14-5(3-13)7(8)9(11)12/h4,9,15H,2-3,13H2,1H3. The van der Waals surface area contributed by atoms with Crippen LogP contribution in [0.4, 0.5) is 8.78 Å². The average molecular weight is 246 g/mol. The summed E-state index contributed by atoms with van der Waals surface area (Å²) in [5.74, 6) is -1.66. The Morgan fingerprint density at radius 1 is 1.65 bits per heavy atom. The van der Waals surface area contributed by atoms with Gasteiger partial charge in [0.25, 0.3) is 6.43 Å². The quantitative estimate of drug-likeness (QED) is 0.783. The fourth-order valence-corrected chi connectivity index (χ4v) is 1.37. The molecule has 1 aromatic heterocycles. The highest BCUT2D eigenvalue weighted by Crippen LogP contribution is 2.31. The van der Waals surface area contributed by atoms with E-state index in [9.17, 15) is 18.7 Å². The lowest BCUT2D eigenvalue weighted by molar-refractivity contribution is 0.0510. The number of hydrogen-bond acceptors (Lipinski definition) is 5. The third kappa shape index (κ3) is 2.68. The van der Waals surface area contributed by atoms with Gasteiger partial charge in [-0.2, -0.15) is 0 Å². The number of aromatic hydroxyl groups is 1. The second kappa shape index (κ2) is 5.53. The summed E-state index contributed by atoms with van der Waals surface area (Å²) >= 11 is 0. The molecule has 0 bridgehead atoms. The normalized spacial score (nSPS) is 10.6. The van der Waals surface area contributed by atoms with Gasteiger partial charge in [0, 0.05) is 6.54 Å². The van der Waals surface area contributed by atoms with Crippen LogP contribution in [-0.4, -0.2) is 22.7 Å². The molecule has 0 atom stereocenters. The van der Waals surface area contributed by atoms with Crippen molar-refractivity contribution in [3.05, 3.63) is 23.0 Å². The first-order valence-corrected chi connectivity index (χ1v) is 4.89. The highest BCUT2D eigenvalue weighted by atomic mass is 19.3. The van der Waals surface area contributed by atoms with Crippen LogP contribution in [0.1, 0.15) is 35.0 Å². The van der Waals surface area contributed by atoms with Crippen molar-refractivity contribution in [3.8, 4) is 5.75 Å². The monoisotopic (exact) mass is 246 g/mol. The number of nitrogens with two attached hydrogens (primary N) is 1. The minimum absolute atomic E-state index is 0.0151. The topological polar surface area (TPSA) is 85.4 Å². The smallest absolute Gasteiger partial charge is 0.342 e. The zero-order chi connectivity index (χ0) is 13.0. The molecule has 3 N–H and O–H groups in total. The van der Waals surface area contributed by atoms with E-state index in [2.05, 4.69) is 9.72 Å². The van der Waals surface area contributed by atoms with E-state index in [4.69, 9.17) is 5.73 Å². The van der Waals surface area contributed by atoms with Crippen LogP contribution in [0, 0.1) is 0 Å². The fourth-order valence-electron chi connectivity index (χ4n) is 1.37. The largest absolute Gasteiger partial charge is 0.505 e. The first-order valence-electron chi connectivity index (χ1n) is 4.89. The molecule has 0 aliphatic heterocycles. The number of esters is 1. The van der Waals surface area contributed by atoms with Crippen molar-refractivity contribution in [1.29, 1.82) is 0 Å². The number of carbonyl (C=O) groups is 1. The number of carbonyl (C=O) groups excluding carboxylic acids is 1. The predicted molar refractivity (Wildman–Crippen MR) is 54.7 cm³/mol. The number of ether oxygens (including phenoxy) is 1. The van der Waals surface area contributed by atoms with Gasteiger partial charge in [0.05, 0.1) is 24.1 Å². The Hall–Kier alpha value is -1.76. The summed E-state index contributed by atoms with van der Waals surface area (Å²) in [6.07, 6.45) is -2.06. The van der Waals surface area contributed by atoms with E-state index in [1.807, 2.05) is 0 Å². The highest BCUT2D eigenvalue weighted by Gasteiger charge is 2.27. The Balaban J connectivity index is 3.38. The lowest BCUT2D eigenvalue weighted by Crippen LogP contribution is -2.14. The number of hydrogen-bond donors (Lipinski definition) is 2. The van der Waals surface area contributed by atoms with Gasteiger partial charge >= 0.3 is 5.97 Å². The molecule has 0 fully saturated rings. The molecule has 1 aromatic rings. The highest BCUT2D eigenvalue weighted by molar-refractivity contribution is 5.94. The summed E-state index contributed by atoms with van der Waals surface area (Å²) in [5, 5.41) is 9.42. The summed E-state index contributed by atoms with van der Waals surface area (Å²) < 4.78 is 30.3. The van der Waals surface area contributed by atoms with Gasteiger partial charge < -0.3 is 15.6 Å². The van der Waals surface area contributed by atoms with E-state index in [0.717, 1.165) is 6.20 Å². The first kappa shape index (κ1) is 13.3. The molecule has 0 saturated heterocycles. The SMILES string of the molecule is CCOC(=O)c1c(O)cnc(CN)c1C(F)F. The molecule has 0 aromatic carbocycles. The third-order valence-electron chi connectivity index (χ3n) is 2.07. The van der Waals surface area contributed by atoms with Crippen LogP contribution in [0.25, 0.3) is 0 Å². The average Bonchev–Trinajstić information content (AvgIpc) is 2.28. The van der Waals surface area contributed by atoms with Gasteiger partial charge in [0.1, 0.15) is 11.3 Å². The van der Waals surface area contributed by atoms with Crippen LogP contribution in [0.15, 0.2) is 6.20 Å². The number of nitrogens with zero attached hydrogens (tertiary/aromatic N) is 1. The molecule has 7 heteroatoms. The van der Waals surface area contributed by atoms with E-state index in [-0.39, 0.29) is 18.8 Å². The molecule has 0 spiro atoms. The second-order valence-electron chi connectivity index (χ2n) is 3.10. The van der Waals surface area contributed by atoms with Crippen LogP contribution >= 0.6 is 0 Å². The van der Waals surface area contributed by atoms with Crippen LogP contribution in [0.3, 0.4) is 0 Å². The molecule has 0 radical (unpaired) electrons. The molecule has 1 rings (SSSR count). The maximum Gasteiger partial charge on any atom is 0.342 e. The van der Waals surface area contributed by atoms with Crippen LogP contribution in [0.2, 0.25) is 0 Å². The van der Waals surface area contributed by atoms with Crippen molar-refractivity contribution >= 4 is 5.97 Å². The number of rotatable bonds is 4. The van der Waals surface area contributed by atoms with Crippen LogP contribution in [-0.2, 0) is 11.3 Å². The van der Waals surface area contributed by atoms with Crippen LogP contribution < -0.4 is 5.73 Å². The van der Waals surface area contributed by atoms with E-state index >= 15 is 0 Å². The van der Waals surface area contributed by atoms with E-state index < -0.39 is 29.3 Å². The van der Waals surface area contributed by atoms with Crippen molar-refractivity contribution in [1.82, 2.24) is 4.98 Å². The molecule has 5 nitrogen and oxygen atoms in total. The molecule has 0 aliphatic carbocycles. The molecule has 17 heavy (non-hydrogen) atoms. The zero-order valence-electron chi connectivity index (χ0n) is 9.11. The van der Waals surface area contributed by atoms with Gasteiger partial charge in [-0.05, 0) is 6.92 Å². The van der Waals surface area contributed by atoms with Crippen molar-refractivity contribution in [2.75, 3.05) is 6.61 Å². The van der Waals surface area contributed by atoms with E-state index in [1.165, 1.54) is 6.92 Å². The molecule has 0 amide bonds. The Morgan fingerprint density at radius 2 is 2.29 bits per heavy atom. The molecule has 1 heterocycles. The molecular formula is C10H12F2N2O3. The van der Waals surface area contributed by atoms with Crippen molar-refractivity contribution < 1.29 is 23.4 Å². The Labute approximate surface area is 96.2 Å². The maximum atomic E-state index is 12.8. The van der Waals surface area contributed by atoms with Gasteiger partial charge in [-0.3, -0.25) is 4.98 Å². The van der Waals surface area contributed by atoms with Gasteiger partial charge in [-0.15, -0.1) is 0 Å². The number of alkyl halides is 2. The second-order valence-corrected chi connectivity index (χ2v) is 3.10. The minimum Gasteiger partial charge on any atom is -0.505 e. The van der Waals surface area contributed by atoms with Gasteiger partial charge in [0.15, 0.2) is 0 Å². The molecule has 0 saturated carbocycles. The summed E-state index contributed by atoms with van der Waals surface area (Å²) in [7, 11) is 0. The zero-order valence-corrected chi connectivity index (χ0v) is 9.11. The fraction of sp³-hybridized carbons (Fsp3) is 0.400. The van der Waals surface area contributed by atoms with Crippen molar-refractivity contribution in [2.45, 2.75) is 19.9 Å². The third-order valence-corrected chi connectivity index (χ3v) is 2.07. The van der Waals surface area contributed by atoms with Crippen molar-refractivity contribution in [3.63, 3.8) is 0 Å². The molecule has 0 unspecified atom stereocenters. The van der Waals surface area contributed by atoms with E-state index in [0.29, 0.717) is 0 Å². The number of aromatic nitrogens is 1. The first-order chi connectivity index (χ1) is 8.02. The summed E-state index contributed by atoms with van der Waals surface area (Å²) in [4.78, 5) is 15.0. The lowest BCUT2D eigenvalue weighted by atomic mass is 10.1. The Morgan fingerprint density at radius 3 is 2.76 bits per heavy atom. The Bertz CT molecular complexity index is 424. The molecular weight excluding hydrogens is 234 g/mol. The van der Waals surface area contributed by atoms with Gasteiger partial charge in [-0.25, -0.2) is 13.6 Å². The molecule has 0 aliphatic rings. The Kier molecular flexibility index (Phi) is 4.33. The van der Waals surface area contributed by atoms with E-state index in [1.54, 1.807) is 0 Å². The lowest BCUT2D eigenvalue weighted by Gasteiger charge is -2.12.